The Morgan fingerprint density at radius 1 is 1.17 bits per heavy atom. The molecular weight excluding hydrogens is 404 g/mol. The van der Waals surface area contributed by atoms with E-state index in [-0.39, 0.29) is 37.1 Å². The third kappa shape index (κ3) is 3.66. The first-order valence-corrected chi connectivity index (χ1v) is 9.65. The summed E-state index contributed by atoms with van der Waals surface area (Å²) in [5.74, 6) is -1.01. The van der Waals surface area contributed by atoms with Gasteiger partial charge < -0.3 is 9.80 Å². The van der Waals surface area contributed by atoms with Gasteiger partial charge in [-0.1, -0.05) is 18.2 Å². The average Bonchev–Trinajstić information content (AvgIpc) is 3.31. The standard InChI is InChI=1S/C20H20F4N4O2/c21-14-4-2-1-3-13(14)12-28-17(29)5-6-19(28)7-9-27(10-8-19)18(30)15-11-16(26-25-15)20(22,23)24/h1-4,11H,5-10,12H2,(H,25,26). The number of hydrogen-bond acceptors (Lipinski definition) is 3. The van der Waals surface area contributed by atoms with Gasteiger partial charge in [-0.25, -0.2) is 4.39 Å². The summed E-state index contributed by atoms with van der Waals surface area (Å²) in [6, 6.07) is 7.00. The Kier molecular flexibility index (Phi) is 5.03. The zero-order chi connectivity index (χ0) is 21.5. The number of carbonyl (C=O) groups excluding carboxylic acids is 2. The van der Waals surface area contributed by atoms with E-state index >= 15 is 0 Å². The molecule has 0 saturated carbocycles. The lowest BCUT2D eigenvalue weighted by Crippen LogP contribution is -2.54. The van der Waals surface area contributed by atoms with Crippen molar-refractivity contribution < 1.29 is 27.2 Å². The van der Waals surface area contributed by atoms with E-state index in [9.17, 15) is 27.2 Å². The van der Waals surface area contributed by atoms with Crippen LogP contribution in [0.1, 0.15) is 47.4 Å². The molecule has 3 heterocycles. The molecule has 2 aliphatic heterocycles. The molecule has 1 spiro atoms. The Hall–Kier alpha value is -2.91. The van der Waals surface area contributed by atoms with Crippen molar-refractivity contribution in [2.24, 2.45) is 0 Å². The van der Waals surface area contributed by atoms with E-state index in [4.69, 9.17) is 0 Å². The Bertz CT molecular complexity index is 964. The number of rotatable bonds is 3. The highest BCUT2D eigenvalue weighted by Crippen LogP contribution is 2.40. The number of aromatic nitrogens is 2. The number of carbonyl (C=O) groups is 2. The van der Waals surface area contributed by atoms with Crippen LogP contribution >= 0.6 is 0 Å². The molecule has 0 aliphatic carbocycles. The lowest BCUT2D eigenvalue weighted by atomic mass is 9.84. The third-order valence-electron chi connectivity index (χ3n) is 6.05. The molecule has 0 atom stereocenters. The predicted molar refractivity (Wildman–Crippen MR) is 97.6 cm³/mol. The maximum absolute atomic E-state index is 14.1. The van der Waals surface area contributed by atoms with Gasteiger partial charge in [-0.3, -0.25) is 14.7 Å². The van der Waals surface area contributed by atoms with E-state index in [2.05, 4.69) is 5.10 Å². The zero-order valence-corrected chi connectivity index (χ0v) is 16.0. The lowest BCUT2D eigenvalue weighted by Gasteiger charge is -2.45. The van der Waals surface area contributed by atoms with Crippen molar-refractivity contribution in [2.45, 2.75) is 43.9 Å². The molecule has 160 valence electrons. The van der Waals surface area contributed by atoms with Gasteiger partial charge in [0, 0.05) is 43.2 Å². The smallest absolute Gasteiger partial charge is 0.337 e. The van der Waals surface area contributed by atoms with Crippen molar-refractivity contribution in [2.75, 3.05) is 13.1 Å². The highest BCUT2D eigenvalue weighted by atomic mass is 19.4. The molecule has 0 bridgehead atoms. The molecule has 1 aromatic heterocycles. The van der Waals surface area contributed by atoms with Gasteiger partial charge in [0.15, 0.2) is 5.69 Å². The minimum atomic E-state index is -4.60. The van der Waals surface area contributed by atoms with Gasteiger partial charge in [0.1, 0.15) is 11.5 Å². The van der Waals surface area contributed by atoms with E-state index in [0.717, 1.165) is 0 Å². The summed E-state index contributed by atoms with van der Waals surface area (Å²) in [7, 11) is 0. The van der Waals surface area contributed by atoms with Gasteiger partial charge in [0.2, 0.25) is 5.91 Å². The molecule has 0 unspecified atom stereocenters. The second-order valence-electron chi connectivity index (χ2n) is 7.75. The summed E-state index contributed by atoms with van der Waals surface area (Å²) >= 11 is 0. The van der Waals surface area contributed by atoms with Gasteiger partial charge in [-0.2, -0.15) is 18.3 Å². The Labute approximate surface area is 169 Å². The molecule has 4 rings (SSSR count). The third-order valence-corrected chi connectivity index (χ3v) is 6.05. The number of aromatic amines is 1. The SMILES string of the molecule is O=C(c1cc(C(F)(F)F)[nH]n1)N1CCC2(CCC(=O)N2Cc2ccccc2F)CC1. The van der Waals surface area contributed by atoms with Gasteiger partial charge >= 0.3 is 6.18 Å². The van der Waals surface area contributed by atoms with Gasteiger partial charge in [-0.15, -0.1) is 0 Å². The minimum absolute atomic E-state index is 0.0554. The molecule has 6 nitrogen and oxygen atoms in total. The van der Waals surface area contributed by atoms with E-state index in [1.54, 1.807) is 23.1 Å². The number of hydrogen-bond donors (Lipinski definition) is 1. The number of halogens is 4. The number of amides is 2. The van der Waals surface area contributed by atoms with Gasteiger partial charge in [-0.05, 0) is 25.3 Å². The Morgan fingerprint density at radius 3 is 2.50 bits per heavy atom. The molecular formula is C20H20F4N4O2. The number of alkyl halides is 3. The zero-order valence-electron chi connectivity index (χ0n) is 16.0. The predicted octanol–water partition coefficient (Wildman–Crippen LogP) is 3.37. The van der Waals surface area contributed by atoms with Crippen LogP contribution in [0.4, 0.5) is 17.6 Å². The molecule has 2 amide bonds. The molecule has 0 radical (unpaired) electrons. The summed E-state index contributed by atoms with van der Waals surface area (Å²) in [6.07, 6.45) is -2.67. The van der Waals surface area contributed by atoms with Gasteiger partial charge in [0.25, 0.3) is 5.91 Å². The number of benzene rings is 1. The van der Waals surface area contributed by atoms with Crippen molar-refractivity contribution in [3.8, 4) is 0 Å². The van der Waals surface area contributed by atoms with E-state index < -0.39 is 23.3 Å². The fourth-order valence-electron chi connectivity index (χ4n) is 4.31. The number of piperidine rings is 1. The minimum Gasteiger partial charge on any atom is -0.337 e. The summed E-state index contributed by atoms with van der Waals surface area (Å²) in [6.45, 7) is 0.732. The topological polar surface area (TPSA) is 69.3 Å². The van der Waals surface area contributed by atoms with E-state index in [0.29, 0.717) is 37.3 Å². The molecule has 10 heteroatoms. The fourth-order valence-corrected chi connectivity index (χ4v) is 4.31. The summed E-state index contributed by atoms with van der Waals surface area (Å²) < 4.78 is 52.3. The molecule has 2 fully saturated rings. The van der Waals surface area contributed by atoms with Crippen LogP contribution in [-0.2, 0) is 17.5 Å². The first-order valence-electron chi connectivity index (χ1n) is 9.65. The van der Waals surface area contributed by atoms with Crippen LogP contribution in [0, 0.1) is 5.82 Å². The Morgan fingerprint density at radius 2 is 1.87 bits per heavy atom. The molecule has 2 aliphatic rings. The van der Waals surface area contributed by atoms with E-state index in [1.807, 2.05) is 5.10 Å². The monoisotopic (exact) mass is 424 g/mol. The van der Waals surface area contributed by atoms with Gasteiger partial charge in [0.05, 0.1) is 0 Å². The summed E-state index contributed by atoms with van der Waals surface area (Å²) in [4.78, 5) is 28.2. The van der Waals surface area contributed by atoms with Crippen molar-refractivity contribution in [1.82, 2.24) is 20.0 Å². The van der Waals surface area contributed by atoms with Crippen LogP contribution in [0.5, 0.6) is 0 Å². The first-order chi connectivity index (χ1) is 14.2. The number of nitrogens with zero attached hydrogens (tertiary/aromatic N) is 3. The molecule has 30 heavy (non-hydrogen) atoms. The van der Waals surface area contributed by atoms with Crippen LogP contribution in [0.25, 0.3) is 0 Å². The van der Waals surface area contributed by atoms with E-state index in [1.165, 1.54) is 11.0 Å². The summed E-state index contributed by atoms with van der Waals surface area (Å²) in [5.41, 5.74) is -1.40. The van der Waals surface area contributed by atoms with Crippen LogP contribution < -0.4 is 0 Å². The lowest BCUT2D eigenvalue weighted by molar-refractivity contribution is -0.141. The molecule has 1 N–H and O–H groups in total. The number of nitrogens with one attached hydrogen (secondary N) is 1. The maximum Gasteiger partial charge on any atom is 0.432 e. The molecule has 2 saturated heterocycles. The van der Waals surface area contributed by atoms with Crippen LogP contribution in [0.2, 0.25) is 0 Å². The summed E-state index contributed by atoms with van der Waals surface area (Å²) in [5, 5.41) is 5.35. The quantitative estimate of drug-likeness (QED) is 0.769. The second-order valence-corrected chi connectivity index (χ2v) is 7.75. The fraction of sp³-hybridized carbons (Fsp3) is 0.450. The number of likely N-dealkylation sites (tertiary alicyclic amines) is 2. The van der Waals surface area contributed by atoms with Crippen molar-refractivity contribution in [1.29, 1.82) is 0 Å². The normalized spacial score (nSPS) is 19.0. The maximum atomic E-state index is 14.1. The molecule has 2 aromatic rings. The van der Waals surface area contributed by atoms with Crippen molar-refractivity contribution in [3.63, 3.8) is 0 Å². The van der Waals surface area contributed by atoms with Crippen molar-refractivity contribution in [3.05, 3.63) is 53.1 Å². The molecule has 1 aromatic carbocycles. The first kappa shape index (κ1) is 20.4. The highest BCUT2D eigenvalue weighted by Gasteiger charge is 2.47. The van der Waals surface area contributed by atoms with Crippen LogP contribution in [0.3, 0.4) is 0 Å². The van der Waals surface area contributed by atoms with Crippen LogP contribution in [-0.4, -0.2) is 50.4 Å². The van der Waals surface area contributed by atoms with Crippen LogP contribution in [0.15, 0.2) is 30.3 Å². The largest absolute Gasteiger partial charge is 0.432 e. The number of H-pyrrole nitrogens is 1. The van der Waals surface area contributed by atoms with Crippen molar-refractivity contribution >= 4 is 11.8 Å². The Balaban J connectivity index is 1.46. The second kappa shape index (κ2) is 7.41. The highest BCUT2D eigenvalue weighted by molar-refractivity contribution is 5.92. The average molecular weight is 424 g/mol.